The molecule has 0 aliphatic carbocycles. The summed E-state index contributed by atoms with van der Waals surface area (Å²) in [4.78, 5) is 0. The fourth-order valence-electron chi connectivity index (χ4n) is 2.93. The second-order valence-corrected chi connectivity index (χ2v) is 12.0. The maximum atomic E-state index is 4.29. The van der Waals surface area contributed by atoms with E-state index in [9.17, 15) is 0 Å². The fourth-order valence-corrected chi connectivity index (χ4v) is 4.73. The minimum absolute atomic E-state index is 0.476. The van der Waals surface area contributed by atoms with E-state index in [1.165, 1.54) is 34.6 Å². The lowest BCUT2D eigenvalue weighted by atomic mass is 9.95. The monoisotopic (exact) mass is 351 g/mol. The van der Waals surface area contributed by atoms with Gasteiger partial charge in [0.1, 0.15) is 0 Å². The second kappa shape index (κ2) is 12.6. The summed E-state index contributed by atoms with van der Waals surface area (Å²) in [6.07, 6.45) is 13.4. The van der Waals surface area contributed by atoms with Gasteiger partial charge in [-0.1, -0.05) is 62.5 Å². The maximum Gasteiger partial charge on any atom is 0.0167 e. The molecule has 0 spiro atoms. The van der Waals surface area contributed by atoms with Crippen molar-refractivity contribution in [2.24, 2.45) is 5.92 Å². The normalized spacial score (nSPS) is 14.3. The smallest absolute Gasteiger partial charge is 0.0167 e. The Morgan fingerprint density at radius 3 is 2.38 bits per heavy atom. The zero-order valence-corrected chi connectivity index (χ0v) is 17.7. The van der Waals surface area contributed by atoms with Crippen LogP contribution in [-0.4, -0.2) is 37.1 Å². The first-order valence-corrected chi connectivity index (χ1v) is 12.0. The zero-order valence-electron chi connectivity index (χ0n) is 16.9. The van der Waals surface area contributed by atoms with Crippen molar-refractivity contribution in [1.82, 2.24) is 5.32 Å². The van der Waals surface area contributed by atoms with Crippen LogP contribution >= 0.6 is 10.0 Å². The van der Waals surface area contributed by atoms with Crippen LogP contribution in [0.3, 0.4) is 0 Å². The molecule has 140 valence electrons. The molecule has 0 radical (unpaired) electrons. The Kier molecular flexibility index (Phi) is 12.2. The van der Waals surface area contributed by atoms with Gasteiger partial charge in [-0.15, -0.1) is 0 Å². The summed E-state index contributed by atoms with van der Waals surface area (Å²) < 4.78 is 0. The number of hydrogen-bond donors (Lipinski definition) is 1. The van der Waals surface area contributed by atoms with Gasteiger partial charge in [0.05, 0.1) is 0 Å². The molecule has 24 heavy (non-hydrogen) atoms. The van der Waals surface area contributed by atoms with E-state index in [-0.39, 0.29) is 0 Å². The topological polar surface area (TPSA) is 12.0 Å². The Morgan fingerprint density at radius 1 is 1.21 bits per heavy atom. The lowest BCUT2D eigenvalue weighted by molar-refractivity contribution is 0.506. The van der Waals surface area contributed by atoms with E-state index in [0.717, 1.165) is 38.3 Å². The van der Waals surface area contributed by atoms with Gasteiger partial charge in [-0.3, -0.25) is 0 Å². The van der Waals surface area contributed by atoms with Gasteiger partial charge in [0.15, 0.2) is 0 Å². The van der Waals surface area contributed by atoms with E-state index in [0.29, 0.717) is 0 Å². The van der Waals surface area contributed by atoms with Crippen LogP contribution < -0.4 is 5.32 Å². The Bertz CT molecular complexity index is 431. The van der Waals surface area contributed by atoms with Crippen molar-refractivity contribution in [2.75, 3.05) is 37.1 Å². The van der Waals surface area contributed by atoms with E-state index >= 15 is 0 Å². The van der Waals surface area contributed by atoms with Gasteiger partial charge < -0.3 is 5.32 Å². The highest BCUT2D eigenvalue weighted by Crippen LogP contribution is 2.43. The molecule has 0 heterocycles. The molecule has 0 bridgehead atoms. The van der Waals surface area contributed by atoms with Crippen LogP contribution in [0.15, 0.2) is 48.6 Å². The van der Waals surface area contributed by atoms with Crippen molar-refractivity contribution in [2.45, 2.75) is 46.5 Å². The van der Waals surface area contributed by atoms with Gasteiger partial charge in [0.2, 0.25) is 0 Å². The lowest BCUT2D eigenvalue weighted by Gasteiger charge is -2.34. The third-order valence-electron chi connectivity index (χ3n) is 4.49. The Balaban J connectivity index is 4.53. The molecule has 1 nitrogen and oxygen atoms in total. The van der Waals surface area contributed by atoms with Crippen molar-refractivity contribution < 1.29 is 0 Å². The molecule has 0 fully saturated rings. The van der Waals surface area contributed by atoms with Gasteiger partial charge in [0.25, 0.3) is 0 Å². The van der Waals surface area contributed by atoms with Crippen LogP contribution in [0.4, 0.5) is 0 Å². The summed E-state index contributed by atoms with van der Waals surface area (Å²) in [6, 6.07) is 0. The van der Waals surface area contributed by atoms with Gasteiger partial charge in [-0.05, 0) is 69.1 Å². The number of nitrogens with one attached hydrogen (secondary N) is 1. The molecule has 1 N–H and O–H groups in total. The summed E-state index contributed by atoms with van der Waals surface area (Å²) in [5, 5.41) is 3.62. The summed E-state index contributed by atoms with van der Waals surface area (Å²) in [7, 11) is -0.476. The van der Waals surface area contributed by atoms with Gasteiger partial charge in [-0.2, -0.15) is 0 Å². The first kappa shape index (κ1) is 23.3. The lowest BCUT2D eigenvalue weighted by Crippen LogP contribution is -2.23. The highest BCUT2D eigenvalue weighted by atomic mass is 32.3. The molecular weight excluding hydrogens is 310 g/mol. The number of rotatable bonds is 14. The molecule has 1 atom stereocenters. The van der Waals surface area contributed by atoms with Gasteiger partial charge >= 0.3 is 0 Å². The minimum Gasteiger partial charge on any atom is -0.313 e. The standard InChI is InChI=1S/C22H41NS/c1-9-12-21(10-2)17-23-14-13-22(18-24(7,8)11-3)16-20(6)15-19(4)5/h9,12,22-23H,1,4,6,10-11,13-18H2,2-3,5,7-8H3/b21-12+. The molecule has 0 saturated carbocycles. The molecule has 2 heteroatoms. The van der Waals surface area contributed by atoms with Crippen LogP contribution in [0, 0.1) is 5.92 Å². The molecule has 0 aromatic carbocycles. The van der Waals surface area contributed by atoms with E-state index in [4.69, 9.17) is 0 Å². The van der Waals surface area contributed by atoms with E-state index in [1.54, 1.807) is 0 Å². The molecular formula is C22H41NS. The third-order valence-corrected chi connectivity index (χ3v) is 7.42. The molecule has 0 saturated heterocycles. The third kappa shape index (κ3) is 11.8. The van der Waals surface area contributed by atoms with Crippen LogP contribution in [0.25, 0.3) is 0 Å². The van der Waals surface area contributed by atoms with Crippen LogP contribution in [0.2, 0.25) is 0 Å². The molecule has 0 aliphatic heterocycles. The predicted octanol–water partition coefficient (Wildman–Crippen LogP) is 6.10. The fraction of sp³-hybridized carbons (Fsp3) is 0.636. The average Bonchev–Trinajstić information content (AvgIpc) is 2.48. The van der Waals surface area contributed by atoms with Gasteiger partial charge in [0, 0.05) is 6.54 Å². The Morgan fingerprint density at radius 2 is 1.88 bits per heavy atom. The Labute approximate surface area is 153 Å². The van der Waals surface area contributed by atoms with Crippen molar-refractivity contribution in [1.29, 1.82) is 0 Å². The summed E-state index contributed by atoms with van der Waals surface area (Å²) in [5.41, 5.74) is 3.99. The largest absolute Gasteiger partial charge is 0.313 e. The molecule has 1 unspecified atom stereocenters. The zero-order chi connectivity index (χ0) is 18.6. The average molecular weight is 352 g/mol. The minimum atomic E-state index is -0.476. The molecule has 0 aromatic heterocycles. The summed E-state index contributed by atoms with van der Waals surface area (Å²) in [5.74, 6) is 3.40. The van der Waals surface area contributed by atoms with Crippen molar-refractivity contribution >= 4 is 10.0 Å². The summed E-state index contributed by atoms with van der Waals surface area (Å²) >= 11 is 0. The van der Waals surface area contributed by atoms with Crippen molar-refractivity contribution in [3.63, 3.8) is 0 Å². The number of allylic oxidation sites excluding steroid dienone is 4. The van der Waals surface area contributed by atoms with Crippen molar-refractivity contribution in [3.8, 4) is 0 Å². The van der Waals surface area contributed by atoms with E-state index in [2.05, 4.69) is 64.4 Å². The SMILES string of the molecule is C=C/C=C(\CC)CNCCC(CC(=C)CC(=C)C)CS(C)(C)CC. The van der Waals surface area contributed by atoms with Crippen LogP contribution in [0.5, 0.6) is 0 Å². The van der Waals surface area contributed by atoms with Gasteiger partial charge in [-0.25, -0.2) is 10.0 Å². The molecule has 0 amide bonds. The maximum absolute atomic E-state index is 4.29. The highest BCUT2D eigenvalue weighted by Gasteiger charge is 2.18. The second-order valence-electron chi connectivity index (χ2n) is 7.56. The summed E-state index contributed by atoms with van der Waals surface area (Å²) in [6.45, 7) is 20.8. The van der Waals surface area contributed by atoms with E-state index < -0.39 is 10.0 Å². The predicted molar refractivity (Wildman–Crippen MR) is 118 cm³/mol. The van der Waals surface area contributed by atoms with Crippen LogP contribution in [0.1, 0.15) is 46.5 Å². The first-order valence-electron chi connectivity index (χ1n) is 9.25. The first-order chi connectivity index (χ1) is 11.2. The molecule has 0 aliphatic rings. The quantitative estimate of drug-likeness (QED) is 0.226. The van der Waals surface area contributed by atoms with Crippen LogP contribution in [-0.2, 0) is 0 Å². The molecule has 0 aromatic rings. The van der Waals surface area contributed by atoms with Crippen molar-refractivity contribution in [3.05, 3.63) is 48.6 Å². The highest BCUT2D eigenvalue weighted by molar-refractivity contribution is 8.32. The van der Waals surface area contributed by atoms with E-state index in [1.807, 2.05) is 6.08 Å². The molecule has 0 rings (SSSR count). The Hall–Kier alpha value is -0.730. The number of hydrogen-bond acceptors (Lipinski definition) is 1.